The predicted molar refractivity (Wildman–Crippen MR) is 63.6 cm³/mol. The van der Waals surface area contributed by atoms with Gasteiger partial charge in [-0.05, 0) is 27.2 Å². The minimum Gasteiger partial charge on any atom is -0.391 e. The number of hydrogen-bond acceptors (Lipinski definition) is 4. The summed E-state index contributed by atoms with van der Waals surface area (Å²) in [5.41, 5.74) is 0. The normalized spacial score (nSPS) is 17.1. The first-order chi connectivity index (χ1) is 7.56. The molecular formula is C12H26O4. The first-order valence-corrected chi connectivity index (χ1v) is 6.05. The fourth-order valence-electron chi connectivity index (χ4n) is 1.09. The fraction of sp³-hybridized carbons (Fsp3) is 1.00. The lowest BCUT2D eigenvalue weighted by Gasteiger charge is -2.18. The third kappa shape index (κ3) is 10.4. The molecule has 0 aromatic carbocycles. The molecule has 0 bridgehead atoms. The van der Waals surface area contributed by atoms with Gasteiger partial charge in [-0.15, -0.1) is 0 Å². The van der Waals surface area contributed by atoms with E-state index in [4.69, 9.17) is 19.3 Å². The second kappa shape index (κ2) is 10.0. The van der Waals surface area contributed by atoms with Gasteiger partial charge in [0.05, 0.1) is 38.1 Å². The standard InChI is InChI=1S/C12H26O4/c1-5-6-14-8-11(3)16-9-12(4)15-7-10(2)13/h10-13H,5-9H2,1-4H3. The number of aliphatic hydroxyl groups excluding tert-OH is 1. The summed E-state index contributed by atoms with van der Waals surface area (Å²) in [4.78, 5) is 0. The van der Waals surface area contributed by atoms with Gasteiger partial charge in [0, 0.05) is 6.61 Å². The van der Waals surface area contributed by atoms with E-state index >= 15 is 0 Å². The van der Waals surface area contributed by atoms with Crippen LogP contribution < -0.4 is 0 Å². The van der Waals surface area contributed by atoms with E-state index < -0.39 is 6.10 Å². The number of ether oxygens (including phenoxy) is 3. The van der Waals surface area contributed by atoms with Crippen LogP contribution in [-0.2, 0) is 14.2 Å². The molecule has 0 aliphatic rings. The maximum atomic E-state index is 9.04. The Morgan fingerprint density at radius 1 is 0.938 bits per heavy atom. The molecule has 4 nitrogen and oxygen atoms in total. The highest BCUT2D eigenvalue weighted by molar-refractivity contribution is 4.53. The van der Waals surface area contributed by atoms with Crippen LogP contribution in [0.5, 0.6) is 0 Å². The van der Waals surface area contributed by atoms with Crippen LogP contribution in [0.2, 0.25) is 0 Å². The van der Waals surface area contributed by atoms with E-state index in [9.17, 15) is 0 Å². The second-order valence-electron chi connectivity index (χ2n) is 4.21. The molecule has 3 atom stereocenters. The zero-order valence-electron chi connectivity index (χ0n) is 10.9. The van der Waals surface area contributed by atoms with Gasteiger partial charge in [-0.25, -0.2) is 0 Å². The molecule has 0 fully saturated rings. The predicted octanol–water partition coefficient (Wildman–Crippen LogP) is 1.60. The van der Waals surface area contributed by atoms with Crippen molar-refractivity contribution >= 4 is 0 Å². The molecule has 0 aromatic heterocycles. The van der Waals surface area contributed by atoms with Gasteiger partial charge in [0.1, 0.15) is 0 Å². The summed E-state index contributed by atoms with van der Waals surface area (Å²) in [6.45, 7) is 9.98. The van der Waals surface area contributed by atoms with Crippen molar-refractivity contribution in [2.24, 2.45) is 0 Å². The van der Waals surface area contributed by atoms with Crippen molar-refractivity contribution < 1.29 is 19.3 Å². The first kappa shape index (κ1) is 15.8. The van der Waals surface area contributed by atoms with Gasteiger partial charge >= 0.3 is 0 Å². The van der Waals surface area contributed by atoms with Gasteiger partial charge in [-0.2, -0.15) is 0 Å². The first-order valence-electron chi connectivity index (χ1n) is 6.05. The zero-order chi connectivity index (χ0) is 12.4. The van der Waals surface area contributed by atoms with E-state index in [1.54, 1.807) is 6.92 Å². The second-order valence-corrected chi connectivity index (χ2v) is 4.21. The van der Waals surface area contributed by atoms with Crippen molar-refractivity contribution in [2.45, 2.75) is 52.4 Å². The van der Waals surface area contributed by atoms with Crippen LogP contribution in [0.3, 0.4) is 0 Å². The van der Waals surface area contributed by atoms with Gasteiger partial charge in [-0.1, -0.05) is 6.92 Å². The minimum atomic E-state index is -0.423. The molecule has 0 aromatic rings. The van der Waals surface area contributed by atoms with Gasteiger partial charge in [0.2, 0.25) is 0 Å². The van der Waals surface area contributed by atoms with Crippen molar-refractivity contribution in [2.75, 3.05) is 26.4 Å². The Hall–Kier alpha value is -0.160. The minimum absolute atomic E-state index is 0.00299. The van der Waals surface area contributed by atoms with E-state index in [1.165, 1.54) is 0 Å². The van der Waals surface area contributed by atoms with E-state index in [2.05, 4.69) is 6.92 Å². The Morgan fingerprint density at radius 2 is 1.50 bits per heavy atom. The highest BCUT2D eigenvalue weighted by atomic mass is 16.6. The molecule has 4 heteroatoms. The molecule has 0 spiro atoms. The van der Waals surface area contributed by atoms with Gasteiger partial charge in [0.15, 0.2) is 0 Å². The Labute approximate surface area is 98.9 Å². The molecule has 0 aliphatic carbocycles. The summed E-state index contributed by atoms with van der Waals surface area (Å²) in [5.74, 6) is 0. The molecule has 0 saturated carbocycles. The highest BCUT2D eigenvalue weighted by Crippen LogP contribution is 1.99. The lowest BCUT2D eigenvalue weighted by Crippen LogP contribution is -2.25. The summed E-state index contributed by atoms with van der Waals surface area (Å²) >= 11 is 0. The van der Waals surface area contributed by atoms with Gasteiger partial charge < -0.3 is 19.3 Å². The highest BCUT2D eigenvalue weighted by Gasteiger charge is 2.08. The summed E-state index contributed by atoms with van der Waals surface area (Å²) in [7, 11) is 0. The molecule has 1 N–H and O–H groups in total. The lowest BCUT2D eigenvalue weighted by atomic mass is 10.4. The number of hydrogen-bond donors (Lipinski definition) is 1. The van der Waals surface area contributed by atoms with Crippen LogP contribution in [0, 0.1) is 0 Å². The van der Waals surface area contributed by atoms with Crippen molar-refractivity contribution in [1.29, 1.82) is 0 Å². The van der Waals surface area contributed by atoms with E-state index in [0.29, 0.717) is 19.8 Å². The molecular weight excluding hydrogens is 208 g/mol. The molecule has 0 radical (unpaired) electrons. The summed E-state index contributed by atoms with van der Waals surface area (Å²) in [6, 6.07) is 0. The number of aliphatic hydroxyl groups is 1. The third-order valence-electron chi connectivity index (χ3n) is 1.94. The molecule has 0 rings (SSSR count). The van der Waals surface area contributed by atoms with E-state index in [-0.39, 0.29) is 12.2 Å². The summed E-state index contributed by atoms with van der Waals surface area (Å²) in [5, 5.41) is 9.04. The van der Waals surface area contributed by atoms with E-state index in [1.807, 2.05) is 13.8 Å². The molecule has 0 amide bonds. The Balaban J connectivity index is 3.39. The van der Waals surface area contributed by atoms with Gasteiger partial charge in [0.25, 0.3) is 0 Å². The van der Waals surface area contributed by atoms with Crippen LogP contribution in [-0.4, -0.2) is 49.8 Å². The SMILES string of the molecule is CCCOCC(C)OCC(C)OCC(C)O. The maximum absolute atomic E-state index is 9.04. The Kier molecular flexibility index (Phi) is 9.92. The van der Waals surface area contributed by atoms with Crippen molar-refractivity contribution in [3.05, 3.63) is 0 Å². The molecule has 3 unspecified atom stereocenters. The zero-order valence-corrected chi connectivity index (χ0v) is 10.9. The van der Waals surface area contributed by atoms with Crippen LogP contribution >= 0.6 is 0 Å². The van der Waals surface area contributed by atoms with E-state index in [0.717, 1.165) is 13.0 Å². The third-order valence-corrected chi connectivity index (χ3v) is 1.94. The van der Waals surface area contributed by atoms with Crippen molar-refractivity contribution in [3.63, 3.8) is 0 Å². The average Bonchev–Trinajstić information content (AvgIpc) is 2.24. The quantitative estimate of drug-likeness (QED) is 0.583. The Morgan fingerprint density at radius 3 is 2.06 bits per heavy atom. The van der Waals surface area contributed by atoms with Crippen LogP contribution in [0.25, 0.3) is 0 Å². The van der Waals surface area contributed by atoms with Crippen LogP contribution in [0.1, 0.15) is 34.1 Å². The monoisotopic (exact) mass is 234 g/mol. The number of rotatable bonds is 10. The van der Waals surface area contributed by atoms with Gasteiger partial charge in [-0.3, -0.25) is 0 Å². The topological polar surface area (TPSA) is 47.9 Å². The maximum Gasteiger partial charge on any atom is 0.0781 e. The fourth-order valence-corrected chi connectivity index (χ4v) is 1.09. The smallest absolute Gasteiger partial charge is 0.0781 e. The average molecular weight is 234 g/mol. The molecule has 0 saturated heterocycles. The molecule has 98 valence electrons. The Bertz CT molecular complexity index is 150. The van der Waals surface area contributed by atoms with Crippen LogP contribution in [0.4, 0.5) is 0 Å². The largest absolute Gasteiger partial charge is 0.391 e. The lowest BCUT2D eigenvalue weighted by molar-refractivity contribution is -0.0699. The molecule has 0 aliphatic heterocycles. The van der Waals surface area contributed by atoms with Crippen LogP contribution in [0.15, 0.2) is 0 Å². The summed E-state index contributed by atoms with van der Waals surface area (Å²) in [6.07, 6.45) is 0.695. The molecule has 16 heavy (non-hydrogen) atoms. The van der Waals surface area contributed by atoms with Crippen molar-refractivity contribution in [1.82, 2.24) is 0 Å². The van der Waals surface area contributed by atoms with Crippen molar-refractivity contribution in [3.8, 4) is 0 Å². The summed E-state index contributed by atoms with van der Waals surface area (Å²) < 4.78 is 16.3. The molecule has 0 heterocycles.